The SMILES string of the molecule is CN=C(NCCCNC(=O)OC(C)(C)C)NCc1ccc(CN2CC(C)OC(C)C2)cc1. The van der Waals surface area contributed by atoms with Gasteiger partial charge in [0.1, 0.15) is 5.60 Å². The first-order valence-electron chi connectivity index (χ1n) is 11.5. The second kappa shape index (κ2) is 12.6. The third-order valence-electron chi connectivity index (χ3n) is 4.92. The summed E-state index contributed by atoms with van der Waals surface area (Å²) in [5.41, 5.74) is 2.04. The summed E-state index contributed by atoms with van der Waals surface area (Å²) in [5, 5.41) is 9.35. The molecule has 1 aromatic carbocycles. The lowest BCUT2D eigenvalue weighted by Crippen LogP contribution is -2.44. The van der Waals surface area contributed by atoms with Gasteiger partial charge >= 0.3 is 6.09 Å². The molecule has 1 saturated heterocycles. The van der Waals surface area contributed by atoms with E-state index in [2.05, 4.69) is 64.0 Å². The largest absolute Gasteiger partial charge is 0.444 e. The van der Waals surface area contributed by atoms with Crippen LogP contribution in [0.15, 0.2) is 29.3 Å². The van der Waals surface area contributed by atoms with Gasteiger partial charge < -0.3 is 25.4 Å². The van der Waals surface area contributed by atoms with Crippen molar-refractivity contribution in [2.24, 2.45) is 4.99 Å². The number of morpholine rings is 1. The van der Waals surface area contributed by atoms with Crippen molar-refractivity contribution >= 4 is 12.1 Å². The van der Waals surface area contributed by atoms with Crippen LogP contribution >= 0.6 is 0 Å². The predicted octanol–water partition coefficient (Wildman–Crippen LogP) is 2.88. The number of amides is 1. The van der Waals surface area contributed by atoms with Crippen LogP contribution in [0.3, 0.4) is 0 Å². The molecular formula is C24H41N5O3. The van der Waals surface area contributed by atoms with Gasteiger partial charge in [-0.25, -0.2) is 4.79 Å². The number of nitrogens with zero attached hydrogens (tertiary/aromatic N) is 2. The van der Waals surface area contributed by atoms with Crippen molar-refractivity contribution in [2.75, 3.05) is 33.2 Å². The van der Waals surface area contributed by atoms with Crippen molar-refractivity contribution in [3.63, 3.8) is 0 Å². The summed E-state index contributed by atoms with van der Waals surface area (Å²) < 4.78 is 11.0. The zero-order valence-corrected chi connectivity index (χ0v) is 20.5. The Labute approximate surface area is 193 Å². The average Bonchev–Trinajstić information content (AvgIpc) is 2.69. The molecule has 0 bridgehead atoms. The lowest BCUT2D eigenvalue weighted by atomic mass is 10.1. The first-order chi connectivity index (χ1) is 15.1. The fourth-order valence-corrected chi connectivity index (χ4v) is 3.64. The number of rotatable bonds is 8. The van der Waals surface area contributed by atoms with Crippen molar-refractivity contribution < 1.29 is 14.3 Å². The molecule has 0 saturated carbocycles. The topological polar surface area (TPSA) is 87.2 Å². The molecule has 2 rings (SSSR count). The number of ether oxygens (including phenoxy) is 2. The van der Waals surface area contributed by atoms with Gasteiger partial charge in [0, 0.05) is 46.3 Å². The smallest absolute Gasteiger partial charge is 0.407 e. The molecule has 0 radical (unpaired) electrons. The zero-order chi connectivity index (χ0) is 23.6. The van der Waals surface area contributed by atoms with Crippen LogP contribution in [-0.2, 0) is 22.6 Å². The minimum Gasteiger partial charge on any atom is -0.444 e. The van der Waals surface area contributed by atoms with Gasteiger partial charge in [0.05, 0.1) is 12.2 Å². The Morgan fingerprint density at radius 3 is 2.25 bits per heavy atom. The van der Waals surface area contributed by atoms with E-state index in [0.717, 1.165) is 32.0 Å². The third-order valence-corrected chi connectivity index (χ3v) is 4.92. The number of nitrogens with one attached hydrogen (secondary N) is 3. The average molecular weight is 448 g/mol. The van der Waals surface area contributed by atoms with E-state index in [4.69, 9.17) is 9.47 Å². The van der Waals surface area contributed by atoms with Crippen LogP contribution in [-0.4, -0.2) is 68.0 Å². The molecule has 0 aromatic heterocycles. The van der Waals surface area contributed by atoms with E-state index in [1.54, 1.807) is 7.05 Å². The van der Waals surface area contributed by atoms with Crippen LogP contribution in [0.4, 0.5) is 4.79 Å². The van der Waals surface area contributed by atoms with E-state index >= 15 is 0 Å². The first kappa shape index (κ1) is 25.9. The highest BCUT2D eigenvalue weighted by atomic mass is 16.6. The maximum absolute atomic E-state index is 11.6. The van der Waals surface area contributed by atoms with E-state index in [1.165, 1.54) is 11.1 Å². The molecular weight excluding hydrogens is 406 g/mol. The summed E-state index contributed by atoms with van der Waals surface area (Å²) >= 11 is 0. The van der Waals surface area contributed by atoms with Gasteiger partial charge in [-0.15, -0.1) is 0 Å². The van der Waals surface area contributed by atoms with Crippen LogP contribution < -0.4 is 16.0 Å². The molecule has 180 valence electrons. The molecule has 0 spiro atoms. The monoisotopic (exact) mass is 447 g/mol. The molecule has 2 atom stereocenters. The molecule has 1 heterocycles. The summed E-state index contributed by atoms with van der Waals surface area (Å²) in [4.78, 5) is 18.3. The number of alkyl carbamates (subject to hydrolysis) is 1. The molecule has 1 aliphatic heterocycles. The lowest BCUT2D eigenvalue weighted by Gasteiger charge is -2.35. The number of hydrogen-bond donors (Lipinski definition) is 3. The van der Waals surface area contributed by atoms with Gasteiger partial charge in [0.15, 0.2) is 5.96 Å². The molecule has 1 aromatic rings. The second-order valence-corrected chi connectivity index (χ2v) is 9.40. The van der Waals surface area contributed by atoms with E-state index in [-0.39, 0.29) is 18.3 Å². The van der Waals surface area contributed by atoms with Crippen LogP contribution in [0.1, 0.15) is 52.2 Å². The highest BCUT2D eigenvalue weighted by Crippen LogP contribution is 2.14. The van der Waals surface area contributed by atoms with Gasteiger partial charge in [-0.05, 0) is 52.2 Å². The Hall–Kier alpha value is -2.32. The summed E-state index contributed by atoms with van der Waals surface area (Å²) in [6.07, 6.45) is 0.957. The second-order valence-electron chi connectivity index (χ2n) is 9.40. The summed E-state index contributed by atoms with van der Waals surface area (Å²) in [7, 11) is 1.75. The molecule has 32 heavy (non-hydrogen) atoms. The first-order valence-corrected chi connectivity index (χ1v) is 11.5. The van der Waals surface area contributed by atoms with Crippen LogP contribution in [0.25, 0.3) is 0 Å². The minimum absolute atomic E-state index is 0.287. The molecule has 3 N–H and O–H groups in total. The maximum atomic E-state index is 11.6. The van der Waals surface area contributed by atoms with Crippen molar-refractivity contribution in [3.8, 4) is 0 Å². The van der Waals surface area contributed by atoms with Crippen LogP contribution in [0, 0.1) is 0 Å². The molecule has 8 heteroatoms. The van der Waals surface area contributed by atoms with Gasteiger partial charge in [-0.2, -0.15) is 0 Å². The van der Waals surface area contributed by atoms with Crippen molar-refractivity contribution in [1.82, 2.24) is 20.9 Å². The summed E-state index contributed by atoms with van der Waals surface area (Å²) in [6.45, 7) is 14.7. The normalized spacial score (nSPS) is 20.0. The maximum Gasteiger partial charge on any atom is 0.407 e. The number of benzene rings is 1. The number of guanidine groups is 1. The number of carbonyl (C=O) groups excluding carboxylic acids is 1. The van der Waals surface area contributed by atoms with E-state index in [0.29, 0.717) is 19.6 Å². The summed E-state index contributed by atoms with van der Waals surface area (Å²) in [5.74, 6) is 0.739. The van der Waals surface area contributed by atoms with Gasteiger partial charge in [-0.3, -0.25) is 9.89 Å². The molecule has 2 unspecified atom stereocenters. The Kier molecular flexibility index (Phi) is 10.3. The molecule has 1 aliphatic rings. The Morgan fingerprint density at radius 2 is 1.66 bits per heavy atom. The minimum atomic E-state index is -0.480. The van der Waals surface area contributed by atoms with Crippen LogP contribution in [0.5, 0.6) is 0 Å². The molecule has 1 fully saturated rings. The third kappa shape index (κ3) is 10.3. The van der Waals surface area contributed by atoms with E-state index in [9.17, 15) is 4.79 Å². The Balaban J connectivity index is 1.65. The van der Waals surface area contributed by atoms with E-state index < -0.39 is 5.60 Å². The molecule has 1 amide bonds. The molecule has 8 nitrogen and oxygen atoms in total. The van der Waals surface area contributed by atoms with Crippen molar-refractivity contribution in [2.45, 2.75) is 71.9 Å². The summed E-state index contributed by atoms with van der Waals surface area (Å²) in [6, 6.07) is 8.71. The lowest BCUT2D eigenvalue weighted by molar-refractivity contribution is -0.0704. The van der Waals surface area contributed by atoms with Crippen LogP contribution in [0.2, 0.25) is 0 Å². The number of carbonyl (C=O) groups is 1. The van der Waals surface area contributed by atoms with Gasteiger partial charge in [-0.1, -0.05) is 24.3 Å². The standard InChI is InChI=1S/C24H41N5O3/c1-18-15-29(16-19(2)31-18)17-21-10-8-20(9-11-21)14-28-22(25-6)26-12-7-13-27-23(30)32-24(3,4)5/h8-11,18-19H,7,12-17H2,1-6H3,(H,27,30)(H2,25,26,28). The Bertz CT molecular complexity index is 720. The van der Waals surface area contributed by atoms with Crippen molar-refractivity contribution in [1.29, 1.82) is 0 Å². The highest BCUT2D eigenvalue weighted by Gasteiger charge is 2.22. The number of hydrogen-bond acceptors (Lipinski definition) is 5. The number of aliphatic imine (C=N–C) groups is 1. The Morgan fingerprint density at radius 1 is 1.06 bits per heavy atom. The molecule has 0 aliphatic carbocycles. The fraction of sp³-hybridized carbons (Fsp3) is 0.667. The predicted molar refractivity (Wildman–Crippen MR) is 129 cm³/mol. The fourth-order valence-electron chi connectivity index (χ4n) is 3.64. The highest BCUT2D eigenvalue weighted by molar-refractivity contribution is 5.79. The quantitative estimate of drug-likeness (QED) is 0.323. The van der Waals surface area contributed by atoms with Gasteiger partial charge in [0.2, 0.25) is 0 Å². The zero-order valence-electron chi connectivity index (χ0n) is 20.5. The van der Waals surface area contributed by atoms with Crippen molar-refractivity contribution in [3.05, 3.63) is 35.4 Å². The van der Waals surface area contributed by atoms with E-state index in [1.807, 2.05) is 20.8 Å². The van der Waals surface area contributed by atoms with Gasteiger partial charge in [0.25, 0.3) is 0 Å².